The molecule has 18 heavy (non-hydrogen) atoms. The first-order valence-electron chi connectivity index (χ1n) is 6.14. The lowest BCUT2D eigenvalue weighted by atomic mass is 10.1. The molecule has 0 fully saturated rings. The van der Waals surface area contributed by atoms with Crippen molar-refractivity contribution in [3.05, 3.63) is 54.2 Å². The van der Waals surface area contributed by atoms with Gasteiger partial charge < -0.3 is 9.47 Å². The molecule has 1 aromatic heterocycles. The molecule has 1 heterocycles. The third kappa shape index (κ3) is 3.57. The van der Waals surface area contributed by atoms with Crippen molar-refractivity contribution < 1.29 is 9.47 Å². The van der Waals surface area contributed by atoms with Gasteiger partial charge >= 0.3 is 0 Å². The third-order valence-corrected chi connectivity index (χ3v) is 2.54. The summed E-state index contributed by atoms with van der Waals surface area (Å²) in [5, 5.41) is 0. The van der Waals surface area contributed by atoms with E-state index in [1.165, 1.54) is 0 Å². The monoisotopic (exact) mass is 243 g/mol. The van der Waals surface area contributed by atoms with Gasteiger partial charge in [-0.1, -0.05) is 24.3 Å². The molecule has 1 aromatic carbocycles. The van der Waals surface area contributed by atoms with Crippen LogP contribution in [0.3, 0.4) is 0 Å². The van der Waals surface area contributed by atoms with Crippen molar-refractivity contribution >= 4 is 0 Å². The fraction of sp³-hybridized carbons (Fsp3) is 0.267. The van der Waals surface area contributed by atoms with Gasteiger partial charge in [0.05, 0.1) is 6.61 Å². The van der Waals surface area contributed by atoms with E-state index in [-0.39, 0.29) is 0 Å². The summed E-state index contributed by atoms with van der Waals surface area (Å²) in [6, 6.07) is 13.6. The van der Waals surface area contributed by atoms with Gasteiger partial charge in [0.2, 0.25) is 5.88 Å². The number of nitrogens with zero attached hydrogens (tertiary/aromatic N) is 1. The van der Waals surface area contributed by atoms with E-state index in [9.17, 15) is 0 Å². The summed E-state index contributed by atoms with van der Waals surface area (Å²) >= 11 is 0. The summed E-state index contributed by atoms with van der Waals surface area (Å²) in [5.41, 5.74) is 1.14. The second kappa shape index (κ2) is 6.77. The second-order valence-corrected chi connectivity index (χ2v) is 3.82. The van der Waals surface area contributed by atoms with Crippen LogP contribution >= 0.6 is 0 Å². The van der Waals surface area contributed by atoms with Crippen molar-refractivity contribution in [1.29, 1.82) is 0 Å². The summed E-state index contributed by atoms with van der Waals surface area (Å²) in [4.78, 5) is 4.16. The van der Waals surface area contributed by atoms with E-state index >= 15 is 0 Å². The number of aromatic nitrogens is 1. The maximum Gasteiger partial charge on any atom is 0.219 e. The summed E-state index contributed by atoms with van der Waals surface area (Å²) in [5.74, 6) is 1.46. The zero-order valence-electron chi connectivity index (χ0n) is 10.5. The predicted molar refractivity (Wildman–Crippen MR) is 71.0 cm³/mol. The first-order valence-corrected chi connectivity index (χ1v) is 6.14. The minimum absolute atomic E-state index is 0.612. The Morgan fingerprint density at radius 3 is 2.67 bits per heavy atom. The molecule has 0 aliphatic heterocycles. The Labute approximate surface area is 107 Å². The molecule has 0 N–H and O–H groups in total. The van der Waals surface area contributed by atoms with Crippen LogP contribution in [-0.2, 0) is 11.2 Å². The van der Waals surface area contributed by atoms with Gasteiger partial charge in [0, 0.05) is 18.9 Å². The molecule has 0 amide bonds. The summed E-state index contributed by atoms with van der Waals surface area (Å²) < 4.78 is 11.1. The SMILES string of the molecule is CCOCCc1ccccc1Oc1ccccn1. The van der Waals surface area contributed by atoms with Crippen LogP contribution in [0.4, 0.5) is 0 Å². The quantitative estimate of drug-likeness (QED) is 0.728. The molecule has 0 bridgehead atoms. The number of rotatable bonds is 6. The van der Waals surface area contributed by atoms with Gasteiger partial charge in [0.25, 0.3) is 0 Å². The van der Waals surface area contributed by atoms with Crippen LogP contribution < -0.4 is 4.74 Å². The topological polar surface area (TPSA) is 31.4 Å². The number of hydrogen-bond acceptors (Lipinski definition) is 3. The van der Waals surface area contributed by atoms with Crippen molar-refractivity contribution in [1.82, 2.24) is 4.98 Å². The Bertz CT molecular complexity index is 471. The van der Waals surface area contributed by atoms with E-state index in [1.807, 2.05) is 43.3 Å². The molecule has 0 saturated heterocycles. The fourth-order valence-corrected chi connectivity index (χ4v) is 1.66. The summed E-state index contributed by atoms with van der Waals surface area (Å²) in [7, 11) is 0. The van der Waals surface area contributed by atoms with Crippen LogP contribution in [0.25, 0.3) is 0 Å². The Balaban J connectivity index is 2.07. The molecule has 0 spiro atoms. The molecular formula is C15H17NO2. The van der Waals surface area contributed by atoms with Gasteiger partial charge in [-0.05, 0) is 31.0 Å². The van der Waals surface area contributed by atoms with E-state index in [1.54, 1.807) is 6.20 Å². The lowest BCUT2D eigenvalue weighted by Crippen LogP contribution is -2.00. The first kappa shape index (κ1) is 12.6. The van der Waals surface area contributed by atoms with Crippen LogP contribution in [0.15, 0.2) is 48.7 Å². The molecule has 94 valence electrons. The van der Waals surface area contributed by atoms with Crippen LogP contribution in [0.1, 0.15) is 12.5 Å². The maximum absolute atomic E-state index is 5.77. The molecule has 0 radical (unpaired) electrons. The predicted octanol–water partition coefficient (Wildman–Crippen LogP) is 3.45. The summed E-state index contributed by atoms with van der Waals surface area (Å²) in [6.07, 6.45) is 2.56. The molecule has 2 rings (SSSR count). The van der Waals surface area contributed by atoms with Gasteiger partial charge in [-0.15, -0.1) is 0 Å². The fourth-order valence-electron chi connectivity index (χ4n) is 1.66. The van der Waals surface area contributed by atoms with E-state index in [0.717, 1.165) is 24.3 Å². The largest absolute Gasteiger partial charge is 0.439 e. The number of ether oxygens (including phenoxy) is 2. The zero-order chi connectivity index (χ0) is 12.6. The normalized spacial score (nSPS) is 10.3. The third-order valence-electron chi connectivity index (χ3n) is 2.54. The van der Waals surface area contributed by atoms with E-state index in [0.29, 0.717) is 12.5 Å². The molecule has 0 aliphatic carbocycles. The van der Waals surface area contributed by atoms with E-state index < -0.39 is 0 Å². The standard InChI is InChI=1S/C15H17NO2/c1-2-17-12-10-13-7-3-4-8-14(13)18-15-9-5-6-11-16-15/h3-9,11H,2,10,12H2,1H3. The van der Waals surface area contributed by atoms with Crippen LogP contribution in [0, 0.1) is 0 Å². The molecule has 2 aromatic rings. The zero-order valence-corrected chi connectivity index (χ0v) is 10.5. The van der Waals surface area contributed by atoms with Crippen LogP contribution in [0.5, 0.6) is 11.6 Å². The number of para-hydroxylation sites is 1. The average Bonchev–Trinajstić information content (AvgIpc) is 2.42. The maximum atomic E-state index is 5.77. The van der Waals surface area contributed by atoms with Crippen molar-refractivity contribution in [3.63, 3.8) is 0 Å². The highest BCUT2D eigenvalue weighted by Crippen LogP contribution is 2.23. The Hall–Kier alpha value is -1.87. The first-order chi connectivity index (χ1) is 8.90. The molecule has 3 heteroatoms. The highest BCUT2D eigenvalue weighted by molar-refractivity contribution is 5.36. The van der Waals surface area contributed by atoms with Crippen molar-refractivity contribution in [2.75, 3.05) is 13.2 Å². The van der Waals surface area contributed by atoms with Gasteiger partial charge in [-0.3, -0.25) is 0 Å². The molecule has 0 saturated carbocycles. The van der Waals surface area contributed by atoms with Gasteiger partial charge in [-0.2, -0.15) is 0 Å². The van der Waals surface area contributed by atoms with Crippen molar-refractivity contribution in [3.8, 4) is 11.6 Å². The highest BCUT2D eigenvalue weighted by Gasteiger charge is 2.04. The molecule has 0 aliphatic rings. The van der Waals surface area contributed by atoms with E-state index in [4.69, 9.17) is 9.47 Å². The second-order valence-electron chi connectivity index (χ2n) is 3.82. The highest BCUT2D eigenvalue weighted by atomic mass is 16.5. The Morgan fingerprint density at radius 2 is 1.89 bits per heavy atom. The molecule has 3 nitrogen and oxygen atoms in total. The van der Waals surface area contributed by atoms with Crippen molar-refractivity contribution in [2.24, 2.45) is 0 Å². The number of benzene rings is 1. The number of pyridine rings is 1. The molecule has 0 atom stereocenters. The number of hydrogen-bond donors (Lipinski definition) is 0. The smallest absolute Gasteiger partial charge is 0.219 e. The average molecular weight is 243 g/mol. The lowest BCUT2D eigenvalue weighted by Gasteiger charge is -2.10. The van der Waals surface area contributed by atoms with Crippen LogP contribution in [-0.4, -0.2) is 18.2 Å². The molecular weight excluding hydrogens is 226 g/mol. The minimum atomic E-state index is 0.612. The summed E-state index contributed by atoms with van der Waals surface area (Å²) in [6.45, 7) is 3.44. The lowest BCUT2D eigenvalue weighted by molar-refractivity contribution is 0.150. The Kier molecular flexibility index (Phi) is 4.73. The van der Waals surface area contributed by atoms with E-state index in [2.05, 4.69) is 11.1 Å². The Morgan fingerprint density at radius 1 is 1.06 bits per heavy atom. The van der Waals surface area contributed by atoms with Crippen molar-refractivity contribution in [2.45, 2.75) is 13.3 Å². The van der Waals surface area contributed by atoms with Gasteiger partial charge in [0.1, 0.15) is 5.75 Å². The van der Waals surface area contributed by atoms with Gasteiger partial charge in [-0.25, -0.2) is 4.98 Å². The minimum Gasteiger partial charge on any atom is -0.439 e. The van der Waals surface area contributed by atoms with Gasteiger partial charge in [0.15, 0.2) is 0 Å². The molecule has 0 unspecified atom stereocenters. The van der Waals surface area contributed by atoms with Crippen LogP contribution in [0.2, 0.25) is 0 Å².